The first kappa shape index (κ1) is 22.1. The molecule has 1 aliphatic heterocycles. The number of carbonyl (C=O) groups excluding carboxylic acids is 2. The van der Waals surface area contributed by atoms with Crippen molar-refractivity contribution in [2.75, 3.05) is 20.2 Å². The summed E-state index contributed by atoms with van der Waals surface area (Å²) in [6, 6.07) is 7.00. The van der Waals surface area contributed by atoms with Crippen LogP contribution in [0, 0.1) is 23.7 Å². The lowest BCUT2D eigenvalue weighted by atomic mass is 9.55. The lowest BCUT2D eigenvalue weighted by Gasteiger charge is -2.56. The van der Waals surface area contributed by atoms with Crippen molar-refractivity contribution >= 4 is 11.8 Å². The number of rotatable bonds is 9. The van der Waals surface area contributed by atoms with Crippen molar-refractivity contribution < 1.29 is 14.3 Å². The third-order valence-corrected chi connectivity index (χ3v) is 8.55. The van der Waals surface area contributed by atoms with Crippen molar-refractivity contribution in [1.29, 1.82) is 0 Å². The second kappa shape index (κ2) is 8.45. The average Bonchev–Trinajstić information content (AvgIpc) is 3.55. The number of methoxy groups -OCH3 is 1. The van der Waals surface area contributed by atoms with Gasteiger partial charge in [-0.25, -0.2) is 0 Å². The summed E-state index contributed by atoms with van der Waals surface area (Å²) >= 11 is 0. The Kier molecular flexibility index (Phi) is 6.03. The maximum atomic E-state index is 12.2. The largest absolute Gasteiger partial charge is 0.497 e. The molecule has 4 rings (SSSR count). The van der Waals surface area contributed by atoms with Gasteiger partial charge >= 0.3 is 0 Å². The summed E-state index contributed by atoms with van der Waals surface area (Å²) in [6.07, 6.45) is 6.24. The number of nitrogens with two attached hydrogens (primary N) is 2. The maximum absolute atomic E-state index is 12.2. The molecule has 0 spiro atoms. The fourth-order valence-corrected chi connectivity index (χ4v) is 6.25. The Bertz CT molecular complexity index is 852. The molecule has 3 aliphatic rings. The van der Waals surface area contributed by atoms with Gasteiger partial charge in [-0.1, -0.05) is 19.9 Å². The van der Waals surface area contributed by atoms with E-state index in [9.17, 15) is 9.59 Å². The van der Waals surface area contributed by atoms with Gasteiger partial charge in [0.25, 0.3) is 0 Å². The molecule has 1 saturated heterocycles. The SMILES string of the molecule is COc1ccc2c(c1)[C@@]1(CCC(C(N)=O)[C@H](C)C(N)=O)CCN(CC3CC3)C(C2)[C@@H]1C. The highest BCUT2D eigenvalue weighted by Gasteiger charge is 2.52. The van der Waals surface area contributed by atoms with Crippen LogP contribution in [0.4, 0.5) is 0 Å². The summed E-state index contributed by atoms with van der Waals surface area (Å²) < 4.78 is 5.57. The number of carbonyl (C=O) groups is 2. The van der Waals surface area contributed by atoms with Gasteiger partial charge in [-0.3, -0.25) is 14.5 Å². The van der Waals surface area contributed by atoms with Crippen molar-refractivity contribution in [1.82, 2.24) is 4.90 Å². The Morgan fingerprint density at radius 1 is 1.26 bits per heavy atom. The molecule has 31 heavy (non-hydrogen) atoms. The maximum Gasteiger partial charge on any atom is 0.221 e. The van der Waals surface area contributed by atoms with Gasteiger partial charge in [0.05, 0.1) is 7.11 Å². The Balaban J connectivity index is 1.67. The van der Waals surface area contributed by atoms with Crippen LogP contribution in [0.25, 0.3) is 0 Å². The molecule has 6 heteroatoms. The van der Waals surface area contributed by atoms with Crippen molar-refractivity contribution in [3.8, 4) is 5.75 Å². The lowest BCUT2D eigenvalue weighted by Crippen LogP contribution is -2.59. The zero-order valence-electron chi connectivity index (χ0n) is 19.1. The van der Waals surface area contributed by atoms with Crippen LogP contribution in [0.2, 0.25) is 0 Å². The molecule has 5 atom stereocenters. The number of piperidine rings is 1. The van der Waals surface area contributed by atoms with Crippen molar-refractivity contribution in [3.05, 3.63) is 29.3 Å². The minimum absolute atomic E-state index is 0.0437. The van der Waals surface area contributed by atoms with Gasteiger partial charge in [-0.05, 0) is 80.2 Å². The van der Waals surface area contributed by atoms with Gasteiger partial charge in [0.2, 0.25) is 11.8 Å². The van der Waals surface area contributed by atoms with Crippen molar-refractivity contribution in [2.45, 2.75) is 63.8 Å². The predicted molar refractivity (Wildman–Crippen MR) is 121 cm³/mol. The van der Waals surface area contributed by atoms with Crippen molar-refractivity contribution in [3.63, 3.8) is 0 Å². The van der Waals surface area contributed by atoms with E-state index < -0.39 is 23.7 Å². The molecule has 2 aliphatic carbocycles. The van der Waals surface area contributed by atoms with Gasteiger partial charge in [0, 0.05) is 29.8 Å². The van der Waals surface area contributed by atoms with Crippen LogP contribution in [0.15, 0.2) is 18.2 Å². The number of fused-ring (bicyclic) bond motifs is 4. The van der Waals surface area contributed by atoms with Gasteiger partial charge < -0.3 is 16.2 Å². The number of ether oxygens (including phenoxy) is 1. The zero-order chi connectivity index (χ0) is 22.3. The smallest absolute Gasteiger partial charge is 0.221 e. The van der Waals surface area contributed by atoms with Gasteiger partial charge in [-0.15, -0.1) is 0 Å². The Labute approximate surface area is 185 Å². The highest BCUT2D eigenvalue weighted by atomic mass is 16.5. The number of hydrogen-bond donors (Lipinski definition) is 2. The summed E-state index contributed by atoms with van der Waals surface area (Å²) in [7, 11) is 1.71. The molecular weight excluding hydrogens is 390 g/mol. The highest BCUT2D eigenvalue weighted by Crippen LogP contribution is 2.53. The molecule has 4 N–H and O–H groups in total. The highest BCUT2D eigenvalue weighted by molar-refractivity contribution is 5.85. The van der Waals surface area contributed by atoms with E-state index in [2.05, 4.69) is 30.0 Å². The van der Waals surface area contributed by atoms with E-state index in [0.29, 0.717) is 18.4 Å². The van der Waals surface area contributed by atoms with Gasteiger partial charge in [0.15, 0.2) is 0 Å². The topological polar surface area (TPSA) is 98.6 Å². The second-order valence-corrected chi connectivity index (χ2v) is 10.2. The van der Waals surface area contributed by atoms with E-state index >= 15 is 0 Å². The number of amides is 2. The summed E-state index contributed by atoms with van der Waals surface area (Å²) in [4.78, 5) is 26.7. The summed E-state index contributed by atoms with van der Waals surface area (Å²) in [5, 5.41) is 0. The number of hydrogen-bond acceptors (Lipinski definition) is 4. The van der Waals surface area contributed by atoms with Crippen LogP contribution in [0.3, 0.4) is 0 Å². The molecule has 170 valence electrons. The Hall–Kier alpha value is -2.08. The van der Waals surface area contributed by atoms with E-state index in [0.717, 1.165) is 37.5 Å². The van der Waals surface area contributed by atoms with Crippen LogP contribution in [0.5, 0.6) is 5.75 Å². The van der Waals surface area contributed by atoms with Crippen LogP contribution >= 0.6 is 0 Å². The minimum atomic E-state index is -0.552. The second-order valence-electron chi connectivity index (χ2n) is 10.2. The van der Waals surface area contributed by atoms with Crippen LogP contribution < -0.4 is 16.2 Å². The fraction of sp³-hybridized carbons (Fsp3) is 0.680. The quantitative estimate of drug-likeness (QED) is 0.633. The molecule has 2 fully saturated rings. The summed E-state index contributed by atoms with van der Waals surface area (Å²) in [6.45, 7) is 6.38. The molecule has 2 unspecified atom stereocenters. The lowest BCUT2D eigenvalue weighted by molar-refractivity contribution is -0.131. The van der Waals surface area contributed by atoms with Gasteiger partial charge in [0.1, 0.15) is 5.75 Å². The number of benzene rings is 1. The molecule has 1 aromatic rings. The van der Waals surface area contributed by atoms with Crippen LogP contribution in [-0.4, -0.2) is 43.0 Å². The van der Waals surface area contributed by atoms with Gasteiger partial charge in [-0.2, -0.15) is 0 Å². The van der Waals surface area contributed by atoms with E-state index in [1.165, 1.54) is 30.5 Å². The fourth-order valence-electron chi connectivity index (χ4n) is 6.25. The average molecular weight is 428 g/mol. The number of primary amides is 2. The Morgan fingerprint density at radius 2 is 2.00 bits per heavy atom. The molecule has 6 nitrogen and oxygen atoms in total. The molecule has 0 aromatic heterocycles. The van der Waals surface area contributed by atoms with Crippen LogP contribution in [0.1, 0.15) is 57.1 Å². The normalized spacial score (nSPS) is 29.6. The minimum Gasteiger partial charge on any atom is -0.497 e. The third kappa shape index (κ3) is 4.07. The first-order valence-corrected chi connectivity index (χ1v) is 11.8. The number of nitrogens with zero attached hydrogens (tertiary/aromatic N) is 1. The molecule has 1 heterocycles. The molecule has 2 bridgehead atoms. The standard InChI is InChI=1S/C25H37N3O3/c1-15(23(26)29)20(24(27)30)8-9-25-10-11-28(14-17-4-5-17)22(16(25)2)12-18-6-7-19(31-3)13-21(18)25/h6-7,13,15-17,20,22H,4-5,8-12,14H2,1-3H3,(H2,26,29)(H2,27,30)/t15-,16-,20?,22?,25-/m0/s1. The summed E-state index contributed by atoms with van der Waals surface area (Å²) in [5.74, 6) is 0.226. The first-order chi connectivity index (χ1) is 14.8. The molecule has 2 amide bonds. The van der Waals surface area contributed by atoms with E-state index in [4.69, 9.17) is 16.2 Å². The van der Waals surface area contributed by atoms with E-state index in [1.54, 1.807) is 14.0 Å². The van der Waals surface area contributed by atoms with Crippen LogP contribution in [-0.2, 0) is 21.4 Å². The first-order valence-electron chi connectivity index (χ1n) is 11.8. The van der Waals surface area contributed by atoms with E-state index in [1.807, 2.05) is 0 Å². The van der Waals surface area contributed by atoms with Crippen molar-refractivity contribution in [2.24, 2.45) is 35.1 Å². The van der Waals surface area contributed by atoms with E-state index in [-0.39, 0.29) is 5.41 Å². The molecule has 1 aromatic carbocycles. The molecule has 1 saturated carbocycles. The third-order valence-electron chi connectivity index (χ3n) is 8.55. The predicted octanol–water partition coefficient (Wildman–Crippen LogP) is 2.61. The molecular formula is C25H37N3O3. The Morgan fingerprint density at radius 3 is 2.61 bits per heavy atom. The molecule has 0 radical (unpaired) electrons. The zero-order valence-corrected chi connectivity index (χ0v) is 19.1. The summed E-state index contributed by atoms with van der Waals surface area (Å²) in [5.41, 5.74) is 13.9. The number of likely N-dealkylation sites (tertiary alicyclic amines) is 1. The monoisotopic (exact) mass is 427 g/mol.